The first kappa shape index (κ1) is 14.6. The third-order valence-electron chi connectivity index (χ3n) is 3.97. The molecule has 0 aliphatic carbocycles. The molecule has 0 saturated carbocycles. The molecule has 0 spiro atoms. The summed E-state index contributed by atoms with van der Waals surface area (Å²) in [5.74, 6) is 0.225. The third-order valence-corrected chi connectivity index (χ3v) is 3.97. The number of carbonyl (C=O) groups excluding carboxylic acids is 2. The highest BCUT2D eigenvalue weighted by molar-refractivity contribution is 5.80. The summed E-state index contributed by atoms with van der Waals surface area (Å²) < 4.78 is 0. The molecule has 0 aromatic heterocycles. The molecule has 108 valence electrons. The van der Waals surface area contributed by atoms with E-state index in [2.05, 4.69) is 5.32 Å². The van der Waals surface area contributed by atoms with Crippen LogP contribution in [0.25, 0.3) is 0 Å². The maximum atomic E-state index is 12.2. The predicted molar refractivity (Wildman–Crippen MR) is 78.0 cm³/mol. The van der Waals surface area contributed by atoms with Gasteiger partial charge in [0.05, 0.1) is 6.04 Å². The van der Waals surface area contributed by atoms with Crippen LogP contribution in [0.15, 0.2) is 30.3 Å². The average molecular weight is 274 g/mol. The van der Waals surface area contributed by atoms with Gasteiger partial charge in [-0.25, -0.2) is 0 Å². The first-order valence-corrected chi connectivity index (χ1v) is 7.18. The van der Waals surface area contributed by atoms with E-state index in [4.69, 9.17) is 0 Å². The van der Waals surface area contributed by atoms with Crippen molar-refractivity contribution in [2.45, 2.75) is 32.7 Å². The van der Waals surface area contributed by atoms with E-state index in [-0.39, 0.29) is 23.8 Å². The Morgan fingerprint density at radius 2 is 1.80 bits per heavy atom. The molecule has 1 aromatic carbocycles. The van der Waals surface area contributed by atoms with Crippen molar-refractivity contribution in [2.24, 2.45) is 5.92 Å². The fraction of sp³-hybridized carbons (Fsp3) is 0.500. The van der Waals surface area contributed by atoms with E-state index in [1.165, 1.54) is 0 Å². The molecule has 4 heteroatoms. The summed E-state index contributed by atoms with van der Waals surface area (Å²) in [5.41, 5.74) is 1.11. The van der Waals surface area contributed by atoms with E-state index in [9.17, 15) is 9.59 Å². The SMILES string of the molecule is CC(=O)N1CCC(C(=O)NC(C)c2ccccc2)CC1. The summed E-state index contributed by atoms with van der Waals surface area (Å²) in [6.07, 6.45) is 1.51. The lowest BCUT2D eigenvalue weighted by atomic mass is 9.95. The van der Waals surface area contributed by atoms with Crippen LogP contribution in [0.1, 0.15) is 38.3 Å². The van der Waals surface area contributed by atoms with Gasteiger partial charge in [0.25, 0.3) is 0 Å². The van der Waals surface area contributed by atoms with Gasteiger partial charge in [0.1, 0.15) is 0 Å². The molecule has 1 aliphatic rings. The Morgan fingerprint density at radius 3 is 2.35 bits per heavy atom. The summed E-state index contributed by atoms with van der Waals surface area (Å²) in [7, 11) is 0. The van der Waals surface area contributed by atoms with Crippen molar-refractivity contribution < 1.29 is 9.59 Å². The zero-order valence-electron chi connectivity index (χ0n) is 12.1. The van der Waals surface area contributed by atoms with Gasteiger partial charge in [0, 0.05) is 25.9 Å². The normalized spacial score (nSPS) is 17.6. The quantitative estimate of drug-likeness (QED) is 0.918. The number of nitrogens with one attached hydrogen (secondary N) is 1. The third kappa shape index (κ3) is 3.59. The summed E-state index contributed by atoms with van der Waals surface area (Å²) in [6, 6.07) is 9.98. The van der Waals surface area contributed by atoms with Crippen molar-refractivity contribution in [1.82, 2.24) is 10.2 Å². The maximum Gasteiger partial charge on any atom is 0.223 e. The molecule has 1 N–H and O–H groups in total. The lowest BCUT2D eigenvalue weighted by Crippen LogP contribution is -2.42. The molecular formula is C16H22N2O2. The molecule has 2 rings (SSSR count). The Balaban J connectivity index is 1.85. The lowest BCUT2D eigenvalue weighted by molar-refractivity contribution is -0.134. The molecule has 1 fully saturated rings. The van der Waals surface area contributed by atoms with Gasteiger partial charge in [0.15, 0.2) is 0 Å². The fourth-order valence-electron chi connectivity index (χ4n) is 2.61. The minimum absolute atomic E-state index is 0.0227. The van der Waals surface area contributed by atoms with Crippen molar-refractivity contribution in [3.63, 3.8) is 0 Å². The minimum Gasteiger partial charge on any atom is -0.349 e. The molecule has 1 aliphatic heterocycles. The number of likely N-dealkylation sites (tertiary alicyclic amines) is 1. The molecule has 0 radical (unpaired) electrons. The molecule has 1 atom stereocenters. The van der Waals surface area contributed by atoms with Crippen LogP contribution in [-0.4, -0.2) is 29.8 Å². The molecule has 4 nitrogen and oxygen atoms in total. The van der Waals surface area contributed by atoms with Crippen molar-refractivity contribution in [1.29, 1.82) is 0 Å². The highest BCUT2D eigenvalue weighted by Gasteiger charge is 2.26. The van der Waals surface area contributed by atoms with Crippen LogP contribution < -0.4 is 5.32 Å². The second-order valence-electron chi connectivity index (χ2n) is 5.42. The molecule has 0 bridgehead atoms. The van der Waals surface area contributed by atoms with E-state index < -0.39 is 0 Å². The van der Waals surface area contributed by atoms with Crippen LogP contribution >= 0.6 is 0 Å². The predicted octanol–water partition coefficient (Wildman–Crippen LogP) is 2.12. The van der Waals surface area contributed by atoms with Gasteiger partial charge in [-0.1, -0.05) is 30.3 Å². The van der Waals surface area contributed by atoms with Gasteiger partial charge in [-0.2, -0.15) is 0 Å². The summed E-state index contributed by atoms with van der Waals surface area (Å²) in [6.45, 7) is 4.95. The van der Waals surface area contributed by atoms with Crippen LogP contribution in [-0.2, 0) is 9.59 Å². The summed E-state index contributed by atoms with van der Waals surface area (Å²) in [4.78, 5) is 25.3. The number of rotatable bonds is 3. The Labute approximate surface area is 120 Å². The number of hydrogen-bond acceptors (Lipinski definition) is 2. The van der Waals surface area contributed by atoms with Gasteiger partial charge in [-0.15, -0.1) is 0 Å². The highest BCUT2D eigenvalue weighted by Crippen LogP contribution is 2.19. The van der Waals surface area contributed by atoms with Crippen LogP contribution in [0.5, 0.6) is 0 Å². The molecule has 1 aromatic rings. The first-order chi connectivity index (χ1) is 9.58. The molecule has 20 heavy (non-hydrogen) atoms. The van der Waals surface area contributed by atoms with E-state index >= 15 is 0 Å². The Kier molecular flexibility index (Phi) is 4.77. The molecule has 2 amide bonds. The first-order valence-electron chi connectivity index (χ1n) is 7.18. The molecule has 1 unspecified atom stereocenters. The number of amides is 2. The largest absolute Gasteiger partial charge is 0.349 e. The van der Waals surface area contributed by atoms with Crippen molar-refractivity contribution in [2.75, 3.05) is 13.1 Å². The summed E-state index contributed by atoms with van der Waals surface area (Å²) >= 11 is 0. The number of piperidine rings is 1. The highest BCUT2D eigenvalue weighted by atomic mass is 16.2. The van der Waals surface area contributed by atoms with Gasteiger partial charge in [-0.3, -0.25) is 9.59 Å². The Morgan fingerprint density at radius 1 is 1.20 bits per heavy atom. The van der Waals surface area contributed by atoms with Crippen molar-refractivity contribution in [3.05, 3.63) is 35.9 Å². The smallest absolute Gasteiger partial charge is 0.223 e. The van der Waals surface area contributed by atoms with Crippen molar-refractivity contribution >= 4 is 11.8 Å². The fourth-order valence-corrected chi connectivity index (χ4v) is 2.61. The van der Waals surface area contributed by atoms with Crippen LogP contribution in [0.2, 0.25) is 0 Å². The molecular weight excluding hydrogens is 252 g/mol. The monoisotopic (exact) mass is 274 g/mol. The maximum absolute atomic E-state index is 12.2. The zero-order chi connectivity index (χ0) is 14.5. The van der Waals surface area contributed by atoms with Gasteiger partial charge < -0.3 is 10.2 Å². The van der Waals surface area contributed by atoms with Crippen LogP contribution in [0.3, 0.4) is 0 Å². The van der Waals surface area contributed by atoms with E-state index in [0.717, 1.165) is 18.4 Å². The number of hydrogen-bond donors (Lipinski definition) is 1. The summed E-state index contributed by atoms with van der Waals surface area (Å²) in [5, 5.41) is 3.07. The van der Waals surface area contributed by atoms with Gasteiger partial charge in [0.2, 0.25) is 11.8 Å². The Hall–Kier alpha value is -1.84. The van der Waals surface area contributed by atoms with Crippen LogP contribution in [0.4, 0.5) is 0 Å². The second kappa shape index (κ2) is 6.55. The minimum atomic E-state index is 0.0227. The van der Waals surface area contributed by atoms with Crippen LogP contribution in [0, 0.1) is 5.92 Å². The van der Waals surface area contributed by atoms with E-state index in [0.29, 0.717) is 13.1 Å². The number of benzene rings is 1. The Bertz CT molecular complexity index is 465. The van der Waals surface area contributed by atoms with Crippen molar-refractivity contribution in [3.8, 4) is 0 Å². The van der Waals surface area contributed by atoms with E-state index in [1.54, 1.807) is 6.92 Å². The average Bonchev–Trinajstić information content (AvgIpc) is 2.48. The topological polar surface area (TPSA) is 49.4 Å². The van der Waals surface area contributed by atoms with Gasteiger partial charge >= 0.3 is 0 Å². The molecule has 1 heterocycles. The van der Waals surface area contributed by atoms with Gasteiger partial charge in [-0.05, 0) is 25.3 Å². The number of carbonyl (C=O) groups is 2. The standard InChI is InChI=1S/C16H22N2O2/c1-12(14-6-4-3-5-7-14)17-16(20)15-8-10-18(11-9-15)13(2)19/h3-7,12,15H,8-11H2,1-2H3,(H,17,20). The zero-order valence-corrected chi connectivity index (χ0v) is 12.1. The molecule has 1 saturated heterocycles. The van der Waals surface area contributed by atoms with E-state index in [1.807, 2.05) is 42.2 Å². The second-order valence-corrected chi connectivity index (χ2v) is 5.42. The lowest BCUT2D eigenvalue weighted by Gasteiger charge is -2.31. The number of nitrogens with zero attached hydrogens (tertiary/aromatic N) is 1.